The van der Waals surface area contributed by atoms with Crippen molar-refractivity contribution in [2.75, 3.05) is 26.4 Å². The van der Waals surface area contributed by atoms with Crippen molar-refractivity contribution in [2.45, 2.75) is 66.2 Å². The van der Waals surface area contributed by atoms with Crippen molar-refractivity contribution in [3.63, 3.8) is 0 Å². The molecule has 0 aromatic rings. The summed E-state index contributed by atoms with van der Waals surface area (Å²) in [5.41, 5.74) is 2.84. The van der Waals surface area contributed by atoms with Gasteiger partial charge < -0.3 is 20.1 Å². The highest BCUT2D eigenvalue weighted by atomic mass is 16.5. The van der Waals surface area contributed by atoms with Crippen molar-refractivity contribution >= 4 is 5.97 Å². The van der Waals surface area contributed by atoms with Crippen LogP contribution in [0.3, 0.4) is 0 Å². The lowest BCUT2D eigenvalue weighted by Crippen LogP contribution is -2.39. The molecule has 5 heteroatoms. The molecule has 27 heavy (non-hydrogen) atoms. The molecule has 0 aromatic carbocycles. The first-order valence-electron chi connectivity index (χ1n) is 9.71. The second-order valence-corrected chi connectivity index (χ2v) is 7.63. The van der Waals surface area contributed by atoms with Gasteiger partial charge in [-0.15, -0.1) is 0 Å². The van der Waals surface area contributed by atoms with Crippen molar-refractivity contribution in [2.24, 2.45) is 5.41 Å². The molecule has 0 aliphatic carbocycles. The molecule has 0 saturated heterocycles. The van der Waals surface area contributed by atoms with E-state index in [1.54, 1.807) is 0 Å². The minimum absolute atomic E-state index is 0.186. The minimum atomic E-state index is -1.17. The maximum atomic E-state index is 11.8. The third kappa shape index (κ3) is 12.6. The fraction of sp³-hybridized carbons (Fsp3) is 0.682. The normalized spacial score (nSPS) is 12.9. The van der Waals surface area contributed by atoms with Gasteiger partial charge in [-0.05, 0) is 59.8 Å². The number of ether oxygens (including phenoxy) is 1. The Morgan fingerprint density at radius 2 is 1.22 bits per heavy atom. The van der Waals surface area contributed by atoms with Gasteiger partial charge in [0.15, 0.2) is 0 Å². The number of carbonyl (C=O) groups is 1. The Bertz CT molecular complexity index is 501. The molecule has 5 nitrogen and oxygen atoms in total. The highest BCUT2D eigenvalue weighted by Gasteiger charge is 2.29. The molecule has 0 unspecified atom stereocenters. The van der Waals surface area contributed by atoms with E-state index in [2.05, 4.69) is 39.8 Å². The van der Waals surface area contributed by atoms with Gasteiger partial charge in [0.25, 0.3) is 0 Å². The minimum Gasteiger partial charge on any atom is -0.465 e. The quantitative estimate of drug-likeness (QED) is 0.315. The summed E-state index contributed by atoms with van der Waals surface area (Å²) in [6.45, 7) is 6.96. The van der Waals surface area contributed by atoms with E-state index < -0.39 is 31.2 Å². The summed E-state index contributed by atoms with van der Waals surface area (Å²) in [6, 6.07) is 0. The van der Waals surface area contributed by atoms with Crippen molar-refractivity contribution in [3.05, 3.63) is 34.9 Å². The largest absolute Gasteiger partial charge is 0.465 e. The van der Waals surface area contributed by atoms with Crippen LogP contribution in [-0.4, -0.2) is 47.7 Å². The topological polar surface area (TPSA) is 87.0 Å². The number of esters is 1. The van der Waals surface area contributed by atoms with Gasteiger partial charge in [-0.25, -0.2) is 0 Å². The number of carbonyl (C=O) groups excluding carboxylic acids is 1. The van der Waals surface area contributed by atoms with Crippen LogP contribution in [0.15, 0.2) is 34.9 Å². The van der Waals surface area contributed by atoms with Gasteiger partial charge in [0.1, 0.15) is 6.61 Å². The van der Waals surface area contributed by atoms with Gasteiger partial charge >= 0.3 is 5.97 Å². The predicted octanol–water partition coefficient (Wildman–Crippen LogP) is 3.69. The van der Waals surface area contributed by atoms with E-state index in [0.29, 0.717) is 6.42 Å². The third-order valence-electron chi connectivity index (χ3n) is 4.51. The summed E-state index contributed by atoms with van der Waals surface area (Å²) in [4.78, 5) is 11.8. The highest BCUT2D eigenvalue weighted by molar-refractivity contribution is 5.69. The van der Waals surface area contributed by atoms with Gasteiger partial charge in [-0.3, -0.25) is 4.79 Å². The van der Waals surface area contributed by atoms with Crippen LogP contribution in [0, 0.1) is 5.41 Å². The molecule has 0 amide bonds. The second-order valence-electron chi connectivity index (χ2n) is 7.63. The van der Waals surface area contributed by atoms with Gasteiger partial charge in [-0.2, -0.15) is 0 Å². The molecule has 0 heterocycles. The molecule has 0 bridgehead atoms. The molecule has 3 N–H and O–H groups in total. The Hall–Kier alpha value is -1.43. The maximum absolute atomic E-state index is 11.8. The lowest BCUT2D eigenvalue weighted by molar-refractivity contribution is -0.151. The van der Waals surface area contributed by atoms with Crippen LogP contribution in [0.2, 0.25) is 0 Å². The molecule has 0 fully saturated rings. The average Bonchev–Trinajstić information content (AvgIpc) is 2.63. The first-order valence-corrected chi connectivity index (χ1v) is 9.71. The Kier molecular flexibility index (Phi) is 13.8. The number of aliphatic hydroxyl groups is 3. The number of allylic oxidation sites excluding steroid dienone is 6. The summed E-state index contributed by atoms with van der Waals surface area (Å²) in [6.07, 6.45) is 11.6. The molecule has 0 aromatic heterocycles. The SMILES string of the molecule is CC(C)=CCCC(C)=CCCC(C)=CCCC(=O)OCC(CO)(CO)CO. The van der Waals surface area contributed by atoms with E-state index in [0.717, 1.165) is 25.7 Å². The van der Waals surface area contributed by atoms with Gasteiger partial charge in [0.2, 0.25) is 0 Å². The molecule has 0 atom stereocenters. The first-order chi connectivity index (χ1) is 12.8. The van der Waals surface area contributed by atoms with Crippen molar-refractivity contribution in [1.82, 2.24) is 0 Å². The Morgan fingerprint density at radius 1 is 0.778 bits per heavy atom. The van der Waals surface area contributed by atoms with Crippen molar-refractivity contribution < 1.29 is 24.9 Å². The number of hydrogen-bond acceptors (Lipinski definition) is 5. The molecule has 0 rings (SSSR count). The molecule has 156 valence electrons. The van der Waals surface area contributed by atoms with Crippen LogP contribution in [0.25, 0.3) is 0 Å². The second kappa shape index (κ2) is 14.6. The Morgan fingerprint density at radius 3 is 1.67 bits per heavy atom. The summed E-state index contributed by atoms with van der Waals surface area (Å²) in [5, 5.41) is 27.6. The van der Waals surface area contributed by atoms with Crippen molar-refractivity contribution in [3.8, 4) is 0 Å². The summed E-state index contributed by atoms with van der Waals surface area (Å²) >= 11 is 0. The fourth-order valence-corrected chi connectivity index (χ4v) is 2.37. The van der Waals surface area contributed by atoms with Crippen molar-refractivity contribution in [1.29, 1.82) is 0 Å². The van der Waals surface area contributed by atoms with Crippen LogP contribution in [0.5, 0.6) is 0 Å². The highest BCUT2D eigenvalue weighted by Crippen LogP contribution is 2.16. The average molecular weight is 383 g/mol. The van der Waals surface area contributed by atoms with E-state index in [1.807, 2.05) is 6.08 Å². The number of aliphatic hydroxyl groups excluding tert-OH is 3. The molecular formula is C22H38O5. The smallest absolute Gasteiger partial charge is 0.306 e. The third-order valence-corrected chi connectivity index (χ3v) is 4.51. The van der Waals surface area contributed by atoms with Gasteiger partial charge in [-0.1, -0.05) is 34.9 Å². The summed E-state index contributed by atoms with van der Waals surface area (Å²) in [7, 11) is 0. The summed E-state index contributed by atoms with van der Waals surface area (Å²) < 4.78 is 5.07. The molecule has 0 aliphatic heterocycles. The maximum Gasteiger partial charge on any atom is 0.306 e. The molecule has 0 spiro atoms. The Balaban J connectivity index is 4.11. The van der Waals surface area contributed by atoms with Gasteiger partial charge in [0, 0.05) is 6.42 Å². The van der Waals surface area contributed by atoms with Crippen LogP contribution in [0.1, 0.15) is 66.2 Å². The fourth-order valence-electron chi connectivity index (χ4n) is 2.37. The standard InChI is InChI=1S/C22H38O5/c1-18(2)8-5-9-19(3)10-6-11-20(4)12-7-13-21(26)27-17-22(14-23,15-24)16-25/h8,10,12,23-25H,5-7,9,11,13-17H2,1-4H3. The van der Waals surface area contributed by atoms with Crippen LogP contribution < -0.4 is 0 Å². The first kappa shape index (κ1) is 25.6. The molecular weight excluding hydrogens is 344 g/mol. The van der Waals surface area contributed by atoms with E-state index in [-0.39, 0.29) is 13.0 Å². The molecule has 0 radical (unpaired) electrons. The monoisotopic (exact) mass is 382 g/mol. The number of hydrogen-bond donors (Lipinski definition) is 3. The number of rotatable bonds is 14. The zero-order chi connectivity index (χ0) is 20.7. The zero-order valence-corrected chi connectivity index (χ0v) is 17.5. The van der Waals surface area contributed by atoms with E-state index in [9.17, 15) is 20.1 Å². The van der Waals surface area contributed by atoms with Gasteiger partial charge in [0.05, 0.1) is 25.2 Å². The van der Waals surface area contributed by atoms with E-state index in [1.165, 1.54) is 16.7 Å². The summed E-state index contributed by atoms with van der Waals surface area (Å²) in [5.74, 6) is -0.395. The van der Waals surface area contributed by atoms with Crippen LogP contribution >= 0.6 is 0 Å². The lowest BCUT2D eigenvalue weighted by atomic mass is 9.93. The van der Waals surface area contributed by atoms with Crippen LogP contribution in [0.4, 0.5) is 0 Å². The molecule has 0 saturated carbocycles. The Labute approximate surface area is 164 Å². The lowest BCUT2D eigenvalue weighted by Gasteiger charge is -2.26. The van der Waals surface area contributed by atoms with E-state index >= 15 is 0 Å². The van der Waals surface area contributed by atoms with Crippen LogP contribution in [-0.2, 0) is 9.53 Å². The van der Waals surface area contributed by atoms with E-state index in [4.69, 9.17) is 4.74 Å². The zero-order valence-electron chi connectivity index (χ0n) is 17.5. The predicted molar refractivity (Wildman–Crippen MR) is 109 cm³/mol. The molecule has 0 aliphatic rings.